The number of nitrogens with one attached hydrogen (secondary N) is 2. The Balaban J connectivity index is 1.37. The predicted molar refractivity (Wildman–Crippen MR) is 114 cm³/mol. The summed E-state index contributed by atoms with van der Waals surface area (Å²) in [6.07, 6.45) is 7.50. The van der Waals surface area contributed by atoms with Crippen molar-refractivity contribution in [2.24, 2.45) is 0 Å². The molecule has 0 saturated carbocycles. The van der Waals surface area contributed by atoms with E-state index >= 15 is 0 Å². The fourth-order valence-electron chi connectivity index (χ4n) is 4.62. The Hall–Kier alpha value is -3.36. The van der Waals surface area contributed by atoms with Crippen molar-refractivity contribution in [2.75, 3.05) is 18.4 Å². The lowest BCUT2D eigenvalue weighted by molar-refractivity contribution is -0.132. The lowest BCUT2D eigenvalue weighted by Gasteiger charge is -2.26. The summed E-state index contributed by atoms with van der Waals surface area (Å²) in [5.41, 5.74) is 3.41. The molecule has 1 aliphatic carbocycles. The van der Waals surface area contributed by atoms with E-state index in [0.717, 1.165) is 62.9 Å². The number of likely N-dealkylation sites (tertiary alicyclic amines) is 1. The smallest absolute Gasteiger partial charge is 0.408 e. The van der Waals surface area contributed by atoms with E-state index in [1.165, 1.54) is 4.57 Å². The first kappa shape index (κ1) is 19.6. The van der Waals surface area contributed by atoms with Gasteiger partial charge in [-0.2, -0.15) is 5.10 Å². The first-order valence-corrected chi connectivity index (χ1v) is 10.8. The number of piperidine rings is 1. The van der Waals surface area contributed by atoms with E-state index in [0.29, 0.717) is 16.8 Å². The minimum atomic E-state index is -0.571. The van der Waals surface area contributed by atoms with Crippen molar-refractivity contribution in [1.29, 1.82) is 0 Å². The first-order valence-electron chi connectivity index (χ1n) is 10.8. The summed E-state index contributed by atoms with van der Waals surface area (Å²) in [7, 11) is 0. The second kappa shape index (κ2) is 8.05. The highest BCUT2D eigenvalue weighted by atomic mass is 16.4. The molecule has 3 aromatic rings. The maximum atomic E-state index is 12.9. The molecule has 2 amide bonds. The van der Waals surface area contributed by atoms with Crippen LogP contribution in [0.5, 0.6) is 0 Å². The van der Waals surface area contributed by atoms with Crippen LogP contribution in [0.15, 0.2) is 33.6 Å². The van der Waals surface area contributed by atoms with Crippen molar-refractivity contribution in [2.45, 2.75) is 51.0 Å². The van der Waals surface area contributed by atoms with Gasteiger partial charge in [-0.3, -0.25) is 19.3 Å². The highest BCUT2D eigenvalue weighted by Crippen LogP contribution is 2.31. The number of nitrogens with zero attached hydrogens (tertiary/aromatic N) is 3. The second-order valence-electron chi connectivity index (χ2n) is 8.32. The number of amides is 2. The molecule has 0 bridgehead atoms. The number of oxazole rings is 1. The third-order valence-electron chi connectivity index (χ3n) is 6.29. The Morgan fingerprint density at radius 1 is 1.19 bits per heavy atom. The lowest BCUT2D eigenvalue weighted by Crippen LogP contribution is -2.39. The molecule has 1 unspecified atom stereocenters. The number of benzene rings is 1. The summed E-state index contributed by atoms with van der Waals surface area (Å²) < 4.78 is 6.65. The number of carbonyl (C=O) groups excluding carboxylic acids is 2. The zero-order valence-electron chi connectivity index (χ0n) is 17.2. The maximum Gasteiger partial charge on any atom is 0.420 e. The van der Waals surface area contributed by atoms with Gasteiger partial charge in [0.1, 0.15) is 6.54 Å². The van der Waals surface area contributed by atoms with E-state index in [1.807, 2.05) is 0 Å². The molecule has 162 valence electrons. The lowest BCUT2D eigenvalue weighted by atomic mass is 9.87. The van der Waals surface area contributed by atoms with Crippen molar-refractivity contribution in [3.63, 3.8) is 0 Å². The van der Waals surface area contributed by atoms with Gasteiger partial charge in [-0.15, -0.1) is 0 Å². The number of fused-ring (bicyclic) bond motifs is 2. The number of carbonyl (C=O) groups is 2. The van der Waals surface area contributed by atoms with Crippen LogP contribution in [-0.4, -0.2) is 44.6 Å². The maximum absolute atomic E-state index is 12.9. The summed E-state index contributed by atoms with van der Waals surface area (Å²) >= 11 is 0. The number of hydrogen-bond acceptors (Lipinski definition) is 5. The van der Waals surface area contributed by atoms with Crippen molar-refractivity contribution >= 4 is 28.6 Å². The zero-order valence-corrected chi connectivity index (χ0v) is 17.2. The number of H-pyrrole nitrogens is 1. The molecule has 2 aliphatic rings. The van der Waals surface area contributed by atoms with Gasteiger partial charge in [-0.25, -0.2) is 4.79 Å². The molecular formula is C22H25N5O4. The number of hydrogen-bond donors (Lipinski definition) is 2. The third kappa shape index (κ3) is 3.75. The Bertz CT molecular complexity index is 1180. The molecule has 9 heteroatoms. The highest BCUT2D eigenvalue weighted by Gasteiger charge is 2.28. The highest BCUT2D eigenvalue weighted by molar-refractivity contribution is 5.97. The van der Waals surface area contributed by atoms with Crippen LogP contribution in [0.4, 0.5) is 5.69 Å². The third-order valence-corrected chi connectivity index (χ3v) is 6.29. The molecule has 2 aromatic heterocycles. The minimum Gasteiger partial charge on any atom is -0.408 e. The Morgan fingerprint density at radius 3 is 2.87 bits per heavy atom. The standard InChI is InChI=1S/C22H25N5O4/c28-19(26-9-2-1-3-10-26)13-27-17-11-15(7-8-18(17)31-22(27)30)24-21(29)16-6-4-5-14-12-23-25-20(14)16/h7-8,11-12,16H,1-6,9-10,13H2,(H,23,25)(H,24,29). The number of aromatic amines is 1. The van der Waals surface area contributed by atoms with Crippen LogP contribution in [0.25, 0.3) is 11.1 Å². The Labute approximate surface area is 178 Å². The molecule has 1 aromatic carbocycles. The van der Waals surface area contributed by atoms with Gasteiger partial charge in [0.15, 0.2) is 5.58 Å². The Kier molecular flexibility index (Phi) is 5.09. The topological polar surface area (TPSA) is 113 Å². The minimum absolute atomic E-state index is 0.0661. The largest absolute Gasteiger partial charge is 0.420 e. The van der Waals surface area contributed by atoms with Crippen LogP contribution in [0.1, 0.15) is 49.3 Å². The van der Waals surface area contributed by atoms with E-state index in [9.17, 15) is 14.4 Å². The van der Waals surface area contributed by atoms with Crippen molar-refractivity contribution in [3.8, 4) is 0 Å². The number of aromatic nitrogens is 3. The molecule has 5 rings (SSSR count). The molecule has 9 nitrogen and oxygen atoms in total. The van der Waals surface area contributed by atoms with E-state index in [4.69, 9.17) is 4.42 Å². The van der Waals surface area contributed by atoms with E-state index in [1.54, 1.807) is 29.3 Å². The average molecular weight is 423 g/mol. The van der Waals surface area contributed by atoms with Crippen molar-refractivity contribution in [1.82, 2.24) is 19.7 Å². The van der Waals surface area contributed by atoms with Crippen LogP contribution in [0.3, 0.4) is 0 Å². The fourth-order valence-corrected chi connectivity index (χ4v) is 4.62. The molecule has 1 atom stereocenters. The van der Waals surface area contributed by atoms with Crippen LogP contribution in [0, 0.1) is 0 Å². The Morgan fingerprint density at radius 2 is 2.03 bits per heavy atom. The molecule has 3 heterocycles. The van der Waals surface area contributed by atoms with Gasteiger partial charge in [0.25, 0.3) is 0 Å². The number of aryl methyl sites for hydroxylation is 1. The van der Waals surface area contributed by atoms with Crippen molar-refractivity contribution < 1.29 is 14.0 Å². The first-order chi connectivity index (χ1) is 15.1. The normalized spacial score (nSPS) is 18.7. The summed E-state index contributed by atoms with van der Waals surface area (Å²) in [5.74, 6) is -1.06. The van der Waals surface area contributed by atoms with E-state index < -0.39 is 5.76 Å². The monoisotopic (exact) mass is 423 g/mol. The predicted octanol–water partition coefficient (Wildman–Crippen LogP) is 2.39. The van der Waals surface area contributed by atoms with Crippen LogP contribution in [0.2, 0.25) is 0 Å². The van der Waals surface area contributed by atoms with Crippen LogP contribution in [-0.2, 0) is 22.6 Å². The van der Waals surface area contributed by atoms with Gasteiger partial charge in [-0.1, -0.05) is 0 Å². The van der Waals surface area contributed by atoms with Crippen LogP contribution < -0.4 is 11.1 Å². The molecule has 2 N–H and O–H groups in total. The molecule has 0 spiro atoms. The second-order valence-corrected chi connectivity index (χ2v) is 8.32. The molecular weight excluding hydrogens is 398 g/mol. The molecule has 0 radical (unpaired) electrons. The molecule has 1 aliphatic heterocycles. The fraction of sp³-hybridized carbons (Fsp3) is 0.455. The van der Waals surface area contributed by atoms with Gasteiger partial charge < -0.3 is 14.6 Å². The molecule has 31 heavy (non-hydrogen) atoms. The van der Waals surface area contributed by atoms with Gasteiger partial charge in [0.05, 0.1) is 23.3 Å². The quantitative estimate of drug-likeness (QED) is 0.669. The SMILES string of the molecule is O=C(Nc1ccc2oc(=O)n(CC(=O)N3CCCCC3)c2c1)C1CCCc2cn[nH]c21. The molecule has 1 fully saturated rings. The van der Waals surface area contributed by atoms with Crippen LogP contribution >= 0.6 is 0 Å². The number of anilines is 1. The number of rotatable bonds is 4. The van der Waals surface area contributed by atoms with Gasteiger partial charge >= 0.3 is 5.76 Å². The van der Waals surface area contributed by atoms with Gasteiger partial charge in [0, 0.05) is 18.8 Å². The summed E-state index contributed by atoms with van der Waals surface area (Å²) in [6, 6.07) is 5.05. The zero-order chi connectivity index (χ0) is 21.4. The average Bonchev–Trinajstić information content (AvgIpc) is 3.38. The van der Waals surface area contributed by atoms with Gasteiger partial charge in [-0.05, 0) is 62.3 Å². The summed E-state index contributed by atoms with van der Waals surface area (Å²) in [4.78, 5) is 39.8. The van der Waals surface area contributed by atoms with E-state index in [2.05, 4.69) is 15.5 Å². The molecule has 1 saturated heterocycles. The summed E-state index contributed by atoms with van der Waals surface area (Å²) in [5, 5.41) is 9.98. The summed E-state index contributed by atoms with van der Waals surface area (Å²) in [6.45, 7) is 1.38. The van der Waals surface area contributed by atoms with Crippen molar-refractivity contribution in [3.05, 3.63) is 46.2 Å². The van der Waals surface area contributed by atoms with Gasteiger partial charge in [0.2, 0.25) is 11.8 Å². The van der Waals surface area contributed by atoms with E-state index in [-0.39, 0.29) is 24.3 Å².